The zero-order valence-electron chi connectivity index (χ0n) is 14.3. The van der Waals surface area contributed by atoms with E-state index in [4.69, 9.17) is 4.74 Å². The highest BCUT2D eigenvalue weighted by Crippen LogP contribution is 2.36. The topological polar surface area (TPSA) is 67.4 Å². The molecule has 1 aromatic carbocycles. The third kappa shape index (κ3) is 4.83. The maximum atomic E-state index is 12.4. The zero-order chi connectivity index (χ0) is 17.7. The van der Waals surface area contributed by atoms with Crippen LogP contribution in [0.2, 0.25) is 0 Å². The molecule has 0 radical (unpaired) electrons. The zero-order valence-corrected chi connectivity index (χ0v) is 15.1. The summed E-state index contributed by atoms with van der Waals surface area (Å²) >= 11 is 1.34. The van der Waals surface area contributed by atoms with E-state index >= 15 is 0 Å². The number of thiophene rings is 1. The number of ether oxygens (including phenoxy) is 1. The van der Waals surface area contributed by atoms with E-state index in [1.807, 2.05) is 57.2 Å². The Morgan fingerprint density at radius 1 is 1.17 bits per heavy atom. The fourth-order valence-corrected chi connectivity index (χ4v) is 3.18. The number of hydrogen-bond acceptors (Lipinski definition) is 4. The number of amides is 2. The van der Waals surface area contributed by atoms with Gasteiger partial charge in [-0.3, -0.25) is 9.59 Å². The first-order valence-corrected chi connectivity index (χ1v) is 8.44. The molecule has 2 amide bonds. The highest BCUT2D eigenvalue weighted by Gasteiger charge is 2.19. The molecule has 6 heteroatoms. The van der Waals surface area contributed by atoms with Crippen molar-refractivity contribution in [3.05, 3.63) is 41.3 Å². The van der Waals surface area contributed by atoms with Gasteiger partial charge in [-0.1, -0.05) is 30.3 Å². The molecule has 5 nitrogen and oxygen atoms in total. The van der Waals surface area contributed by atoms with E-state index in [-0.39, 0.29) is 23.9 Å². The van der Waals surface area contributed by atoms with Crippen molar-refractivity contribution in [1.82, 2.24) is 10.6 Å². The second kappa shape index (κ2) is 7.49. The Morgan fingerprint density at radius 3 is 2.42 bits per heavy atom. The van der Waals surface area contributed by atoms with E-state index in [0.717, 1.165) is 10.4 Å². The van der Waals surface area contributed by atoms with Crippen LogP contribution in [0.15, 0.2) is 36.4 Å². The van der Waals surface area contributed by atoms with Crippen LogP contribution in [0, 0.1) is 0 Å². The van der Waals surface area contributed by atoms with Crippen LogP contribution < -0.4 is 15.4 Å². The van der Waals surface area contributed by atoms with Gasteiger partial charge in [0, 0.05) is 10.4 Å². The van der Waals surface area contributed by atoms with Crippen LogP contribution in [-0.2, 0) is 4.79 Å². The summed E-state index contributed by atoms with van der Waals surface area (Å²) in [5.41, 5.74) is 0.688. The Balaban J connectivity index is 2.09. The molecule has 0 saturated carbocycles. The molecule has 0 aliphatic heterocycles. The molecule has 1 aromatic heterocycles. The van der Waals surface area contributed by atoms with Gasteiger partial charge in [-0.05, 0) is 32.4 Å². The largest absolute Gasteiger partial charge is 0.495 e. The lowest BCUT2D eigenvalue weighted by molar-refractivity contribution is -0.121. The van der Waals surface area contributed by atoms with Gasteiger partial charge in [0.15, 0.2) is 0 Å². The summed E-state index contributed by atoms with van der Waals surface area (Å²) in [7, 11) is 1.53. The van der Waals surface area contributed by atoms with E-state index in [1.54, 1.807) is 0 Å². The molecule has 2 N–H and O–H groups in total. The SMILES string of the molecule is COc1cc(-c2ccccc2)sc1C(=O)NCC(=O)NC(C)(C)C. The van der Waals surface area contributed by atoms with Crippen molar-refractivity contribution >= 4 is 23.2 Å². The van der Waals surface area contributed by atoms with Crippen LogP contribution in [0.25, 0.3) is 10.4 Å². The smallest absolute Gasteiger partial charge is 0.265 e. The van der Waals surface area contributed by atoms with E-state index in [1.165, 1.54) is 18.4 Å². The van der Waals surface area contributed by atoms with E-state index in [0.29, 0.717) is 10.6 Å². The average molecular weight is 346 g/mol. The van der Waals surface area contributed by atoms with Crippen molar-refractivity contribution in [2.75, 3.05) is 13.7 Å². The van der Waals surface area contributed by atoms with Crippen molar-refractivity contribution in [3.8, 4) is 16.2 Å². The van der Waals surface area contributed by atoms with Gasteiger partial charge in [-0.2, -0.15) is 0 Å². The standard InChI is InChI=1S/C18H22N2O3S/c1-18(2,3)20-15(21)11-19-17(22)16-13(23-4)10-14(24-16)12-8-6-5-7-9-12/h5-10H,11H2,1-4H3,(H,19,22)(H,20,21). The predicted octanol–water partition coefficient (Wildman–Crippen LogP) is 3.07. The monoisotopic (exact) mass is 346 g/mol. The Bertz CT molecular complexity index is 718. The van der Waals surface area contributed by atoms with Crippen LogP contribution >= 0.6 is 11.3 Å². The molecule has 0 spiro atoms. The Labute approximate surface area is 146 Å². The first-order valence-electron chi connectivity index (χ1n) is 7.62. The summed E-state index contributed by atoms with van der Waals surface area (Å²) in [6.07, 6.45) is 0. The fourth-order valence-electron chi connectivity index (χ4n) is 2.13. The van der Waals surface area contributed by atoms with E-state index in [2.05, 4.69) is 10.6 Å². The first-order chi connectivity index (χ1) is 11.3. The fraction of sp³-hybridized carbons (Fsp3) is 0.333. The van der Waals surface area contributed by atoms with Crippen molar-refractivity contribution in [2.45, 2.75) is 26.3 Å². The first kappa shape index (κ1) is 18.0. The number of carbonyl (C=O) groups excluding carboxylic acids is 2. The van der Waals surface area contributed by atoms with Gasteiger partial charge in [0.25, 0.3) is 5.91 Å². The number of methoxy groups -OCH3 is 1. The Morgan fingerprint density at radius 2 is 1.83 bits per heavy atom. The van der Waals surface area contributed by atoms with Crippen LogP contribution in [0.5, 0.6) is 5.75 Å². The van der Waals surface area contributed by atoms with Gasteiger partial charge >= 0.3 is 0 Å². The number of nitrogens with one attached hydrogen (secondary N) is 2. The average Bonchev–Trinajstić information content (AvgIpc) is 2.96. The highest BCUT2D eigenvalue weighted by molar-refractivity contribution is 7.17. The summed E-state index contributed by atoms with van der Waals surface area (Å²) < 4.78 is 5.31. The number of rotatable bonds is 5. The van der Waals surface area contributed by atoms with Crippen LogP contribution in [0.3, 0.4) is 0 Å². The summed E-state index contributed by atoms with van der Waals surface area (Å²) in [6, 6.07) is 11.6. The summed E-state index contributed by atoms with van der Waals surface area (Å²) in [4.78, 5) is 25.6. The lowest BCUT2D eigenvalue weighted by Crippen LogP contribution is -2.45. The molecule has 24 heavy (non-hydrogen) atoms. The molecular formula is C18H22N2O3S. The van der Waals surface area contributed by atoms with Crippen LogP contribution in [-0.4, -0.2) is 31.0 Å². The van der Waals surface area contributed by atoms with Crippen molar-refractivity contribution in [1.29, 1.82) is 0 Å². The van der Waals surface area contributed by atoms with E-state index in [9.17, 15) is 9.59 Å². The molecule has 0 unspecified atom stereocenters. The normalized spacial score (nSPS) is 11.0. The van der Waals surface area contributed by atoms with Crippen molar-refractivity contribution in [3.63, 3.8) is 0 Å². The molecule has 0 bridgehead atoms. The molecule has 0 saturated heterocycles. The molecule has 0 aliphatic rings. The second-order valence-electron chi connectivity index (χ2n) is 6.36. The highest BCUT2D eigenvalue weighted by atomic mass is 32.1. The quantitative estimate of drug-likeness (QED) is 0.874. The molecule has 2 rings (SSSR count). The Kier molecular flexibility index (Phi) is 5.62. The van der Waals surface area contributed by atoms with Crippen molar-refractivity contribution in [2.24, 2.45) is 0 Å². The number of hydrogen-bond donors (Lipinski definition) is 2. The molecular weight excluding hydrogens is 324 g/mol. The van der Waals surface area contributed by atoms with Gasteiger partial charge in [0.05, 0.1) is 13.7 Å². The van der Waals surface area contributed by atoms with Crippen LogP contribution in [0.4, 0.5) is 0 Å². The lowest BCUT2D eigenvalue weighted by Gasteiger charge is -2.20. The summed E-state index contributed by atoms with van der Waals surface area (Å²) in [5.74, 6) is -0.0367. The van der Waals surface area contributed by atoms with Crippen LogP contribution in [0.1, 0.15) is 30.4 Å². The van der Waals surface area contributed by atoms with Gasteiger partial charge in [0.2, 0.25) is 5.91 Å². The summed E-state index contributed by atoms with van der Waals surface area (Å²) in [6.45, 7) is 5.60. The minimum atomic E-state index is -0.330. The maximum absolute atomic E-state index is 12.4. The molecule has 1 heterocycles. The maximum Gasteiger partial charge on any atom is 0.265 e. The lowest BCUT2D eigenvalue weighted by atomic mass is 10.1. The molecule has 0 fully saturated rings. The van der Waals surface area contributed by atoms with Gasteiger partial charge < -0.3 is 15.4 Å². The molecule has 0 atom stereocenters. The third-order valence-corrected chi connectivity index (χ3v) is 4.27. The van der Waals surface area contributed by atoms with E-state index < -0.39 is 0 Å². The predicted molar refractivity (Wildman–Crippen MR) is 96.5 cm³/mol. The van der Waals surface area contributed by atoms with Gasteiger partial charge in [-0.25, -0.2) is 0 Å². The third-order valence-electron chi connectivity index (χ3n) is 3.11. The Hall–Kier alpha value is -2.34. The minimum Gasteiger partial charge on any atom is -0.495 e. The molecule has 0 aliphatic carbocycles. The van der Waals surface area contributed by atoms with Gasteiger partial charge in [-0.15, -0.1) is 11.3 Å². The van der Waals surface area contributed by atoms with Crippen molar-refractivity contribution < 1.29 is 14.3 Å². The number of benzene rings is 1. The second-order valence-corrected chi connectivity index (χ2v) is 7.41. The number of carbonyl (C=O) groups is 2. The molecule has 2 aromatic rings. The molecule has 128 valence electrons. The summed E-state index contributed by atoms with van der Waals surface area (Å²) in [5, 5.41) is 5.44. The van der Waals surface area contributed by atoms with Gasteiger partial charge in [0.1, 0.15) is 10.6 Å². The minimum absolute atomic E-state index is 0.0716.